The van der Waals surface area contributed by atoms with Crippen LogP contribution in [0.5, 0.6) is 0 Å². The Labute approximate surface area is 108 Å². The minimum absolute atomic E-state index is 0.0696. The molecule has 1 N–H and O–H groups in total. The van der Waals surface area contributed by atoms with Gasteiger partial charge in [-0.2, -0.15) is 0 Å². The first-order valence-electron chi connectivity index (χ1n) is 5.41. The summed E-state index contributed by atoms with van der Waals surface area (Å²) in [6, 6.07) is 5.04. The van der Waals surface area contributed by atoms with E-state index in [1.54, 1.807) is 23.1 Å². The maximum Gasteiger partial charge on any atom is 0.317 e. The highest BCUT2D eigenvalue weighted by atomic mass is 79.9. The van der Waals surface area contributed by atoms with E-state index in [-0.39, 0.29) is 12.4 Å². The molecule has 0 aliphatic carbocycles. The van der Waals surface area contributed by atoms with Crippen molar-refractivity contribution in [2.75, 3.05) is 13.1 Å². The van der Waals surface area contributed by atoms with E-state index in [4.69, 9.17) is 5.11 Å². The smallest absolute Gasteiger partial charge is 0.317 e. The predicted octanol–water partition coefficient (Wildman–Crippen LogP) is 2.88. The number of halogens is 2. The summed E-state index contributed by atoms with van der Waals surface area (Å²) in [5.74, 6) is -1.21. The number of aliphatic carboxylic acids is 1. The molecule has 1 aromatic carbocycles. The van der Waals surface area contributed by atoms with Gasteiger partial charge in [-0.3, -0.25) is 9.69 Å². The zero-order valence-corrected chi connectivity index (χ0v) is 11.2. The molecule has 0 atom stereocenters. The van der Waals surface area contributed by atoms with Crippen molar-refractivity contribution in [1.82, 2.24) is 4.90 Å². The third-order valence-corrected chi connectivity index (χ3v) is 2.94. The summed E-state index contributed by atoms with van der Waals surface area (Å²) in [7, 11) is 0. The molecule has 0 aliphatic heterocycles. The number of carbonyl (C=O) groups is 1. The Morgan fingerprint density at radius 3 is 2.82 bits per heavy atom. The molecule has 0 amide bonds. The normalized spacial score (nSPS) is 10.8. The average Bonchev–Trinajstić information content (AvgIpc) is 2.24. The number of carboxylic acid groups (broad SMARTS) is 1. The van der Waals surface area contributed by atoms with Crippen molar-refractivity contribution in [3.8, 4) is 0 Å². The lowest BCUT2D eigenvalue weighted by molar-refractivity contribution is -0.138. The molecule has 0 bridgehead atoms. The maximum absolute atomic E-state index is 13.7. The number of carboxylic acids is 1. The topological polar surface area (TPSA) is 40.5 Å². The molecule has 0 heterocycles. The molecule has 0 fully saturated rings. The quantitative estimate of drug-likeness (QED) is 0.878. The predicted molar refractivity (Wildman–Crippen MR) is 67.3 cm³/mol. The van der Waals surface area contributed by atoms with E-state index in [0.29, 0.717) is 23.1 Å². The van der Waals surface area contributed by atoms with Crippen molar-refractivity contribution in [2.24, 2.45) is 0 Å². The molecular weight excluding hydrogens is 289 g/mol. The third kappa shape index (κ3) is 4.44. The Hall–Kier alpha value is -0.940. The lowest BCUT2D eigenvalue weighted by Crippen LogP contribution is -2.30. The molecule has 5 heteroatoms. The van der Waals surface area contributed by atoms with E-state index >= 15 is 0 Å². The van der Waals surface area contributed by atoms with Crippen molar-refractivity contribution < 1.29 is 14.3 Å². The van der Waals surface area contributed by atoms with Crippen LogP contribution in [0.1, 0.15) is 18.9 Å². The zero-order valence-electron chi connectivity index (χ0n) is 9.62. The molecule has 0 spiro atoms. The van der Waals surface area contributed by atoms with E-state index in [1.165, 1.54) is 0 Å². The standard InChI is InChI=1S/C12H15BrFNO2/c1-2-6-15(8-11(16)17)7-9-4-3-5-10(13)12(9)14/h3-5H,2,6-8H2,1H3,(H,16,17). The molecule has 17 heavy (non-hydrogen) atoms. The highest BCUT2D eigenvalue weighted by Crippen LogP contribution is 2.19. The number of hydrogen-bond donors (Lipinski definition) is 1. The van der Waals surface area contributed by atoms with E-state index in [2.05, 4.69) is 15.9 Å². The van der Waals surface area contributed by atoms with Gasteiger partial charge in [0, 0.05) is 12.1 Å². The molecule has 0 aliphatic rings. The fraction of sp³-hybridized carbons (Fsp3) is 0.417. The highest BCUT2D eigenvalue weighted by Gasteiger charge is 2.13. The lowest BCUT2D eigenvalue weighted by atomic mass is 10.2. The van der Waals surface area contributed by atoms with E-state index in [1.807, 2.05) is 6.92 Å². The van der Waals surface area contributed by atoms with Gasteiger partial charge >= 0.3 is 5.97 Å². The summed E-state index contributed by atoms with van der Waals surface area (Å²) in [6.45, 7) is 2.84. The van der Waals surface area contributed by atoms with Gasteiger partial charge in [-0.25, -0.2) is 4.39 Å². The Morgan fingerprint density at radius 2 is 2.24 bits per heavy atom. The molecule has 94 valence electrons. The molecule has 0 saturated heterocycles. The number of nitrogens with zero attached hydrogens (tertiary/aromatic N) is 1. The lowest BCUT2D eigenvalue weighted by Gasteiger charge is -2.19. The van der Waals surface area contributed by atoms with E-state index in [9.17, 15) is 9.18 Å². The molecule has 0 aromatic heterocycles. The Kier molecular flexibility index (Phi) is 5.58. The fourth-order valence-electron chi connectivity index (χ4n) is 1.63. The molecule has 0 saturated carbocycles. The number of benzene rings is 1. The van der Waals surface area contributed by atoms with Crippen LogP contribution in [0.2, 0.25) is 0 Å². The van der Waals surface area contributed by atoms with Crippen LogP contribution in [-0.2, 0) is 11.3 Å². The first kappa shape index (κ1) is 14.1. The van der Waals surface area contributed by atoms with Crippen LogP contribution in [0.4, 0.5) is 4.39 Å². The van der Waals surface area contributed by atoms with Gasteiger partial charge in [0.15, 0.2) is 0 Å². The van der Waals surface area contributed by atoms with Gasteiger partial charge < -0.3 is 5.11 Å². The second-order valence-corrected chi connectivity index (χ2v) is 4.67. The maximum atomic E-state index is 13.7. The van der Waals surface area contributed by atoms with Gasteiger partial charge in [0.1, 0.15) is 5.82 Å². The van der Waals surface area contributed by atoms with Crippen LogP contribution in [0, 0.1) is 5.82 Å². The minimum atomic E-state index is -0.895. The van der Waals surface area contributed by atoms with Crippen LogP contribution in [-0.4, -0.2) is 29.1 Å². The van der Waals surface area contributed by atoms with E-state index < -0.39 is 5.97 Å². The molecule has 3 nitrogen and oxygen atoms in total. The first-order valence-corrected chi connectivity index (χ1v) is 6.21. The van der Waals surface area contributed by atoms with Crippen molar-refractivity contribution in [1.29, 1.82) is 0 Å². The van der Waals surface area contributed by atoms with Crippen LogP contribution < -0.4 is 0 Å². The average molecular weight is 304 g/mol. The summed E-state index contributed by atoms with van der Waals surface area (Å²) in [5.41, 5.74) is 0.508. The van der Waals surface area contributed by atoms with Crippen LogP contribution >= 0.6 is 15.9 Å². The minimum Gasteiger partial charge on any atom is -0.480 e. The SMILES string of the molecule is CCCN(CC(=O)O)Cc1cccc(Br)c1F. The van der Waals surface area contributed by atoms with Crippen LogP contribution in [0.15, 0.2) is 22.7 Å². The van der Waals surface area contributed by atoms with Crippen molar-refractivity contribution in [3.63, 3.8) is 0 Å². The molecule has 0 radical (unpaired) electrons. The van der Waals surface area contributed by atoms with Gasteiger partial charge in [-0.05, 0) is 35.0 Å². The monoisotopic (exact) mass is 303 g/mol. The number of hydrogen-bond acceptors (Lipinski definition) is 2. The summed E-state index contributed by atoms with van der Waals surface area (Å²) >= 11 is 3.12. The zero-order chi connectivity index (χ0) is 12.8. The second kappa shape index (κ2) is 6.71. The summed E-state index contributed by atoms with van der Waals surface area (Å²) in [5, 5.41) is 8.77. The van der Waals surface area contributed by atoms with Gasteiger partial charge in [0.2, 0.25) is 0 Å². The number of rotatable bonds is 6. The van der Waals surface area contributed by atoms with Crippen molar-refractivity contribution >= 4 is 21.9 Å². The van der Waals surface area contributed by atoms with Crippen molar-refractivity contribution in [3.05, 3.63) is 34.1 Å². The highest BCUT2D eigenvalue weighted by molar-refractivity contribution is 9.10. The summed E-state index contributed by atoms with van der Waals surface area (Å²) < 4.78 is 14.1. The first-order chi connectivity index (χ1) is 8.04. The fourth-order valence-corrected chi connectivity index (χ4v) is 2.04. The largest absolute Gasteiger partial charge is 0.480 e. The Balaban J connectivity index is 2.78. The summed E-state index contributed by atoms with van der Waals surface area (Å²) in [6.07, 6.45) is 0.836. The summed E-state index contributed by atoms with van der Waals surface area (Å²) in [4.78, 5) is 12.4. The van der Waals surface area contributed by atoms with E-state index in [0.717, 1.165) is 6.42 Å². The van der Waals surface area contributed by atoms with Gasteiger partial charge in [-0.1, -0.05) is 19.1 Å². The van der Waals surface area contributed by atoms with Crippen LogP contribution in [0.3, 0.4) is 0 Å². The third-order valence-electron chi connectivity index (χ3n) is 2.32. The van der Waals surface area contributed by atoms with Crippen molar-refractivity contribution in [2.45, 2.75) is 19.9 Å². The van der Waals surface area contributed by atoms with Gasteiger partial charge in [0.25, 0.3) is 0 Å². The second-order valence-electron chi connectivity index (χ2n) is 3.82. The molecule has 0 unspecified atom stereocenters. The molecule has 1 rings (SSSR count). The Morgan fingerprint density at radius 1 is 1.53 bits per heavy atom. The van der Waals surface area contributed by atoms with Gasteiger partial charge in [-0.15, -0.1) is 0 Å². The molecule has 1 aromatic rings. The van der Waals surface area contributed by atoms with Gasteiger partial charge in [0.05, 0.1) is 11.0 Å². The molecular formula is C12H15BrFNO2. The van der Waals surface area contributed by atoms with Crippen LogP contribution in [0.25, 0.3) is 0 Å². The Bertz CT molecular complexity index is 398.